The maximum Gasteiger partial charge on any atom is 0.236 e. The minimum absolute atomic E-state index is 0.117. The van der Waals surface area contributed by atoms with Crippen LogP contribution in [0.25, 0.3) is 0 Å². The number of rotatable bonds is 6. The summed E-state index contributed by atoms with van der Waals surface area (Å²) in [4.78, 5) is 23.6. The Morgan fingerprint density at radius 1 is 1.06 bits per heavy atom. The summed E-state index contributed by atoms with van der Waals surface area (Å²) in [6.45, 7) is 1.71. The zero-order valence-electron chi connectivity index (χ0n) is 20.3. The number of amides is 1. The molecule has 36 heavy (non-hydrogen) atoms. The number of hydrogen-bond acceptors (Lipinski definition) is 7. The Morgan fingerprint density at radius 3 is 2.44 bits per heavy atom. The molecule has 1 saturated carbocycles. The lowest BCUT2D eigenvalue weighted by molar-refractivity contribution is -0.125. The molecule has 2 aliphatic heterocycles. The Hall–Kier alpha value is -2.85. The number of benzene rings is 1. The van der Waals surface area contributed by atoms with Gasteiger partial charge < -0.3 is 9.64 Å². The number of sulfonamides is 1. The Labute approximate surface area is 211 Å². The maximum atomic E-state index is 13.5. The van der Waals surface area contributed by atoms with Crippen molar-refractivity contribution < 1.29 is 22.3 Å². The van der Waals surface area contributed by atoms with E-state index in [4.69, 9.17) is 4.74 Å². The molecule has 1 aromatic carbocycles. The van der Waals surface area contributed by atoms with Crippen LogP contribution in [0.4, 0.5) is 15.9 Å². The van der Waals surface area contributed by atoms with Gasteiger partial charge >= 0.3 is 0 Å². The van der Waals surface area contributed by atoms with E-state index in [-0.39, 0.29) is 23.9 Å². The van der Waals surface area contributed by atoms with Gasteiger partial charge in [0, 0.05) is 37.2 Å². The number of carbonyl (C=O) groups excluding carboxylic acids is 1. The number of aromatic nitrogens is 1. The van der Waals surface area contributed by atoms with E-state index in [1.165, 1.54) is 12.1 Å². The van der Waals surface area contributed by atoms with Gasteiger partial charge in [-0.05, 0) is 68.4 Å². The second kappa shape index (κ2) is 10.3. The second-order valence-corrected chi connectivity index (χ2v) is 11.7. The molecule has 8 nitrogen and oxygen atoms in total. The van der Waals surface area contributed by atoms with Gasteiger partial charge in [0.25, 0.3) is 0 Å². The molecule has 0 bridgehead atoms. The van der Waals surface area contributed by atoms with Crippen LogP contribution in [0.5, 0.6) is 0 Å². The molecular weight excluding hydrogens is 483 g/mol. The Bertz CT molecular complexity index is 1250. The summed E-state index contributed by atoms with van der Waals surface area (Å²) in [6.07, 6.45) is 8.47. The number of hydrogen-bond donors (Lipinski definition) is 1. The van der Waals surface area contributed by atoms with Crippen molar-refractivity contribution >= 4 is 33.1 Å². The fraction of sp³-hybridized carbons (Fsp3) is 0.500. The number of aliphatic imine (C=N–C) groups is 1. The lowest BCUT2D eigenvalue weighted by atomic mass is 9.87. The molecule has 1 saturated heterocycles. The van der Waals surface area contributed by atoms with E-state index >= 15 is 0 Å². The molecule has 0 radical (unpaired) electrons. The van der Waals surface area contributed by atoms with Crippen LogP contribution in [-0.4, -0.2) is 56.6 Å². The van der Waals surface area contributed by atoms with E-state index in [2.05, 4.69) is 19.6 Å². The topological polar surface area (TPSA) is 101 Å². The van der Waals surface area contributed by atoms with E-state index in [0.29, 0.717) is 24.9 Å². The summed E-state index contributed by atoms with van der Waals surface area (Å²) in [5.41, 5.74) is 3.59. The molecule has 0 atom stereocenters. The fourth-order valence-corrected chi connectivity index (χ4v) is 5.82. The molecule has 2 fully saturated rings. The number of nitrogens with zero attached hydrogens (tertiary/aromatic N) is 3. The number of pyridine rings is 1. The largest absolute Gasteiger partial charge is 0.375 e. The fourth-order valence-electron chi connectivity index (χ4n) is 5.29. The average molecular weight is 515 g/mol. The van der Waals surface area contributed by atoms with Crippen LogP contribution in [0.3, 0.4) is 0 Å². The standard InChI is InChI=1S/C26H31FN4O4S/c1-36(33,34)30-26(32)17-3-7-21(8-4-17)35-22-10-12-31(13-11-22)25-9-5-19(16-28-25)23-14-18-2-6-20(27)15-24(18)29-23/h2,5-6,9,15-17,21-22H,3-4,7-8,10-14H2,1H3,(H,30,32). The SMILES string of the molecule is CS(=O)(=O)NC(=O)C1CCC(OC2CCN(c3ccc(C4=Nc5cc(F)ccc5C4)cn3)CC2)CC1. The molecule has 1 aromatic heterocycles. The third-order valence-corrected chi connectivity index (χ3v) is 7.80. The monoisotopic (exact) mass is 514 g/mol. The number of piperidine rings is 1. The van der Waals surface area contributed by atoms with Crippen molar-refractivity contribution in [3.63, 3.8) is 0 Å². The lowest BCUT2D eigenvalue weighted by Crippen LogP contribution is -2.41. The maximum absolute atomic E-state index is 13.5. The van der Waals surface area contributed by atoms with Gasteiger partial charge in [0.2, 0.25) is 15.9 Å². The van der Waals surface area contributed by atoms with Crippen molar-refractivity contribution in [2.45, 2.75) is 57.2 Å². The number of carbonyl (C=O) groups is 1. The molecule has 192 valence electrons. The van der Waals surface area contributed by atoms with Crippen molar-refractivity contribution in [1.82, 2.24) is 9.71 Å². The Morgan fingerprint density at radius 2 is 1.78 bits per heavy atom. The number of halogens is 1. The van der Waals surface area contributed by atoms with Crippen LogP contribution in [0.1, 0.15) is 49.7 Å². The number of fused-ring (bicyclic) bond motifs is 1. The molecule has 3 heterocycles. The van der Waals surface area contributed by atoms with E-state index in [0.717, 1.165) is 67.7 Å². The van der Waals surface area contributed by atoms with Crippen LogP contribution in [0.2, 0.25) is 0 Å². The minimum Gasteiger partial charge on any atom is -0.375 e. The van der Waals surface area contributed by atoms with Crippen LogP contribution in [0.15, 0.2) is 41.5 Å². The quantitative estimate of drug-likeness (QED) is 0.633. The summed E-state index contributed by atoms with van der Waals surface area (Å²) in [7, 11) is -3.52. The van der Waals surface area contributed by atoms with Crippen LogP contribution in [-0.2, 0) is 26.0 Å². The normalized spacial score (nSPS) is 22.7. The summed E-state index contributed by atoms with van der Waals surface area (Å²) in [5, 5.41) is 0. The highest BCUT2D eigenvalue weighted by Crippen LogP contribution is 2.31. The second-order valence-electron chi connectivity index (χ2n) is 9.95. The van der Waals surface area contributed by atoms with Crippen molar-refractivity contribution in [3.8, 4) is 0 Å². The molecule has 0 spiro atoms. The van der Waals surface area contributed by atoms with E-state index in [9.17, 15) is 17.6 Å². The van der Waals surface area contributed by atoms with Crippen LogP contribution >= 0.6 is 0 Å². The summed E-state index contributed by atoms with van der Waals surface area (Å²) in [5.74, 6) is -0.0109. The molecule has 0 unspecified atom stereocenters. The predicted octanol–water partition coefficient (Wildman–Crippen LogP) is 3.52. The molecule has 10 heteroatoms. The third kappa shape index (κ3) is 5.92. The van der Waals surface area contributed by atoms with Crippen molar-refractivity contribution in [2.75, 3.05) is 24.2 Å². The molecule has 1 amide bonds. The molecule has 1 aliphatic carbocycles. The van der Waals surface area contributed by atoms with E-state index < -0.39 is 15.9 Å². The molecular formula is C26H31FN4O4S. The lowest BCUT2D eigenvalue weighted by Gasteiger charge is -2.36. The van der Waals surface area contributed by atoms with Crippen molar-refractivity contribution in [2.24, 2.45) is 10.9 Å². The van der Waals surface area contributed by atoms with Gasteiger partial charge in [0.1, 0.15) is 11.6 Å². The van der Waals surface area contributed by atoms with Crippen LogP contribution < -0.4 is 9.62 Å². The first-order chi connectivity index (χ1) is 17.2. The van der Waals surface area contributed by atoms with Gasteiger partial charge in [0.15, 0.2) is 0 Å². The van der Waals surface area contributed by atoms with Gasteiger partial charge in [-0.25, -0.2) is 17.8 Å². The smallest absolute Gasteiger partial charge is 0.236 e. The Kier molecular flexibility index (Phi) is 7.07. The average Bonchev–Trinajstić information content (AvgIpc) is 3.27. The highest BCUT2D eigenvalue weighted by Gasteiger charge is 2.30. The molecule has 1 N–H and O–H groups in total. The molecule has 5 rings (SSSR count). The zero-order valence-corrected chi connectivity index (χ0v) is 21.1. The zero-order chi connectivity index (χ0) is 25.3. The first kappa shape index (κ1) is 24.8. The Balaban J connectivity index is 1.08. The van der Waals surface area contributed by atoms with Crippen molar-refractivity contribution in [3.05, 3.63) is 53.5 Å². The van der Waals surface area contributed by atoms with Crippen molar-refractivity contribution in [1.29, 1.82) is 0 Å². The van der Waals surface area contributed by atoms with Crippen LogP contribution in [0, 0.1) is 11.7 Å². The van der Waals surface area contributed by atoms with Gasteiger partial charge in [-0.1, -0.05) is 6.07 Å². The summed E-state index contributed by atoms with van der Waals surface area (Å²) >= 11 is 0. The minimum atomic E-state index is -3.52. The summed E-state index contributed by atoms with van der Waals surface area (Å²) in [6, 6.07) is 8.78. The van der Waals surface area contributed by atoms with E-state index in [1.807, 2.05) is 18.3 Å². The van der Waals surface area contributed by atoms with Gasteiger partial charge in [0.05, 0.1) is 29.9 Å². The highest BCUT2D eigenvalue weighted by molar-refractivity contribution is 7.89. The van der Waals surface area contributed by atoms with Gasteiger partial charge in [-0.3, -0.25) is 14.5 Å². The highest BCUT2D eigenvalue weighted by atomic mass is 32.2. The number of ether oxygens (including phenoxy) is 1. The van der Waals surface area contributed by atoms with Gasteiger partial charge in [-0.15, -0.1) is 0 Å². The molecule has 2 aromatic rings. The van der Waals surface area contributed by atoms with Gasteiger partial charge in [-0.2, -0.15) is 0 Å². The number of nitrogens with one attached hydrogen (secondary N) is 1. The predicted molar refractivity (Wildman–Crippen MR) is 136 cm³/mol. The van der Waals surface area contributed by atoms with E-state index in [1.54, 1.807) is 6.07 Å². The third-order valence-electron chi connectivity index (χ3n) is 7.22. The first-order valence-corrected chi connectivity index (χ1v) is 14.4. The first-order valence-electron chi connectivity index (χ1n) is 12.5. The molecule has 3 aliphatic rings. The summed E-state index contributed by atoms with van der Waals surface area (Å²) < 4.78 is 44.5. The number of anilines is 1.